The van der Waals surface area contributed by atoms with Crippen molar-refractivity contribution < 1.29 is 4.74 Å². The number of benzene rings is 1. The van der Waals surface area contributed by atoms with E-state index in [9.17, 15) is 0 Å². The molecule has 19 heavy (non-hydrogen) atoms. The second kappa shape index (κ2) is 8.84. The molecule has 1 aromatic rings. The lowest BCUT2D eigenvalue weighted by atomic mass is 10.1. The van der Waals surface area contributed by atoms with E-state index in [0.717, 1.165) is 12.2 Å². The number of rotatable bonds is 9. The van der Waals surface area contributed by atoms with Gasteiger partial charge in [0.15, 0.2) is 0 Å². The molecule has 0 saturated carbocycles. The highest BCUT2D eigenvalue weighted by Gasteiger charge is 2.07. The van der Waals surface area contributed by atoms with Crippen molar-refractivity contribution in [1.29, 1.82) is 0 Å². The van der Waals surface area contributed by atoms with Crippen molar-refractivity contribution in [2.24, 2.45) is 0 Å². The molecule has 0 amide bonds. The molecule has 2 heteroatoms. The van der Waals surface area contributed by atoms with Gasteiger partial charge in [-0.1, -0.05) is 39.7 Å². The van der Waals surface area contributed by atoms with Crippen molar-refractivity contribution in [1.82, 2.24) is 0 Å². The zero-order chi connectivity index (χ0) is 14.1. The third-order valence-electron chi connectivity index (χ3n) is 3.39. The van der Waals surface area contributed by atoms with Crippen LogP contribution in [0.4, 0.5) is 5.69 Å². The topological polar surface area (TPSA) is 21.3 Å². The average Bonchev–Trinajstić information content (AvgIpc) is 2.39. The largest absolute Gasteiger partial charge is 0.491 e. The second-order valence-corrected chi connectivity index (χ2v) is 5.28. The van der Waals surface area contributed by atoms with Gasteiger partial charge in [-0.2, -0.15) is 0 Å². The summed E-state index contributed by atoms with van der Waals surface area (Å²) in [4.78, 5) is 0. The summed E-state index contributed by atoms with van der Waals surface area (Å²) in [6.45, 7) is 8.74. The van der Waals surface area contributed by atoms with E-state index in [-0.39, 0.29) is 6.10 Å². The molecule has 0 bridgehead atoms. The first-order valence-corrected chi connectivity index (χ1v) is 7.72. The number of anilines is 1. The van der Waals surface area contributed by atoms with E-state index >= 15 is 0 Å². The quantitative estimate of drug-likeness (QED) is 0.657. The maximum atomic E-state index is 5.87. The first-order chi connectivity index (χ1) is 9.19. The van der Waals surface area contributed by atoms with Crippen LogP contribution < -0.4 is 10.1 Å². The van der Waals surface area contributed by atoms with Gasteiger partial charge in [0.05, 0.1) is 6.10 Å². The van der Waals surface area contributed by atoms with Crippen molar-refractivity contribution in [3.63, 3.8) is 0 Å². The summed E-state index contributed by atoms with van der Waals surface area (Å²) in [7, 11) is 0. The van der Waals surface area contributed by atoms with Crippen molar-refractivity contribution in [3.8, 4) is 5.75 Å². The summed E-state index contributed by atoms with van der Waals surface area (Å²) >= 11 is 0. The van der Waals surface area contributed by atoms with E-state index < -0.39 is 0 Å². The average molecular weight is 263 g/mol. The van der Waals surface area contributed by atoms with Crippen molar-refractivity contribution >= 4 is 5.69 Å². The third-order valence-corrected chi connectivity index (χ3v) is 3.39. The Morgan fingerprint density at radius 1 is 1.11 bits per heavy atom. The fourth-order valence-corrected chi connectivity index (χ4v) is 2.20. The van der Waals surface area contributed by atoms with E-state index in [2.05, 4.69) is 51.2 Å². The minimum Gasteiger partial charge on any atom is -0.491 e. The molecule has 0 aliphatic carbocycles. The number of hydrogen-bond acceptors (Lipinski definition) is 2. The lowest BCUT2D eigenvalue weighted by molar-refractivity contribution is 0.217. The first-order valence-electron chi connectivity index (χ1n) is 7.72. The SMILES string of the molecule is CCCC(CCC)Nc1cccc(OC(C)CC)c1. The molecule has 0 aliphatic rings. The standard InChI is InChI=1S/C17H29NO/c1-5-9-15(10-6-2)18-16-11-8-12-17(13-16)19-14(4)7-3/h8,11-15,18H,5-7,9-10H2,1-4H3. The lowest BCUT2D eigenvalue weighted by Crippen LogP contribution is -2.19. The van der Waals surface area contributed by atoms with Gasteiger partial charge in [0, 0.05) is 17.8 Å². The predicted molar refractivity (Wildman–Crippen MR) is 84.0 cm³/mol. The molecule has 1 aromatic carbocycles. The second-order valence-electron chi connectivity index (χ2n) is 5.28. The molecule has 2 nitrogen and oxygen atoms in total. The number of ether oxygens (including phenoxy) is 1. The molecule has 1 N–H and O–H groups in total. The van der Waals surface area contributed by atoms with Crippen molar-refractivity contribution in [3.05, 3.63) is 24.3 Å². The van der Waals surface area contributed by atoms with Crippen LogP contribution in [0.2, 0.25) is 0 Å². The van der Waals surface area contributed by atoms with E-state index in [4.69, 9.17) is 4.74 Å². The summed E-state index contributed by atoms with van der Waals surface area (Å²) in [6.07, 6.45) is 6.21. The number of hydrogen-bond donors (Lipinski definition) is 1. The molecule has 1 atom stereocenters. The third kappa shape index (κ3) is 6.00. The number of nitrogens with one attached hydrogen (secondary N) is 1. The van der Waals surface area contributed by atoms with Crippen LogP contribution in [-0.4, -0.2) is 12.1 Å². The maximum absolute atomic E-state index is 5.87. The highest BCUT2D eigenvalue weighted by Crippen LogP contribution is 2.21. The molecular formula is C17H29NO. The van der Waals surface area contributed by atoms with Crippen molar-refractivity contribution in [2.45, 2.75) is 71.9 Å². The minimum absolute atomic E-state index is 0.275. The van der Waals surface area contributed by atoms with Gasteiger partial charge in [-0.25, -0.2) is 0 Å². The molecule has 1 rings (SSSR count). The van der Waals surface area contributed by atoms with E-state index in [1.165, 1.54) is 31.4 Å². The van der Waals surface area contributed by atoms with Gasteiger partial charge in [0.2, 0.25) is 0 Å². The Labute approximate surface area is 118 Å². The van der Waals surface area contributed by atoms with E-state index in [1.54, 1.807) is 0 Å². The molecule has 0 spiro atoms. The van der Waals surface area contributed by atoms with Gasteiger partial charge in [0.1, 0.15) is 5.75 Å². The Morgan fingerprint density at radius 2 is 1.79 bits per heavy atom. The molecule has 0 radical (unpaired) electrons. The molecule has 0 aromatic heterocycles. The van der Waals surface area contributed by atoms with Gasteiger partial charge < -0.3 is 10.1 Å². The smallest absolute Gasteiger partial charge is 0.121 e. The van der Waals surface area contributed by atoms with Crippen LogP contribution in [0.15, 0.2) is 24.3 Å². The lowest BCUT2D eigenvalue weighted by Gasteiger charge is -2.20. The maximum Gasteiger partial charge on any atom is 0.121 e. The molecule has 108 valence electrons. The summed E-state index contributed by atoms with van der Waals surface area (Å²) in [5.41, 5.74) is 1.17. The Hall–Kier alpha value is -1.18. The zero-order valence-electron chi connectivity index (χ0n) is 12.9. The fourth-order valence-electron chi connectivity index (χ4n) is 2.20. The summed E-state index contributed by atoms with van der Waals surface area (Å²) in [5, 5.41) is 3.63. The molecule has 0 heterocycles. The van der Waals surface area contributed by atoms with Crippen LogP contribution in [-0.2, 0) is 0 Å². The molecule has 1 unspecified atom stereocenters. The molecule has 0 aliphatic heterocycles. The van der Waals surface area contributed by atoms with Crippen LogP contribution in [0.3, 0.4) is 0 Å². The van der Waals surface area contributed by atoms with Crippen LogP contribution >= 0.6 is 0 Å². The predicted octanol–water partition coefficient (Wildman–Crippen LogP) is 5.24. The van der Waals surface area contributed by atoms with Crippen LogP contribution in [0, 0.1) is 0 Å². The fraction of sp³-hybridized carbons (Fsp3) is 0.647. The first kappa shape index (κ1) is 15.9. The van der Waals surface area contributed by atoms with Gasteiger partial charge in [-0.3, -0.25) is 0 Å². The summed E-state index contributed by atoms with van der Waals surface area (Å²) < 4.78 is 5.87. The Balaban J connectivity index is 2.64. The van der Waals surface area contributed by atoms with E-state index in [0.29, 0.717) is 6.04 Å². The highest BCUT2D eigenvalue weighted by atomic mass is 16.5. The summed E-state index contributed by atoms with van der Waals surface area (Å²) in [6, 6.07) is 8.92. The minimum atomic E-state index is 0.275. The van der Waals surface area contributed by atoms with Crippen LogP contribution in [0.5, 0.6) is 5.75 Å². The molecule has 0 fully saturated rings. The monoisotopic (exact) mass is 263 g/mol. The summed E-state index contributed by atoms with van der Waals surface area (Å²) in [5.74, 6) is 0.964. The van der Waals surface area contributed by atoms with Crippen LogP contribution in [0.1, 0.15) is 59.8 Å². The molecular weight excluding hydrogens is 234 g/mol. The molecule has 0 saturated heterocycles. The Bertz CT molecular complexity index is 345. The Kier molecular flexibility index (Phi) is 7.39. The van der Waals surface area contributed by atoms with Crippen LogP contribution in [0.25, 0.3) is 0 Å². The highest BCUT2D eigenvalue weighted by molar-refractivity contribution is 5.48. The van der Waals surface area contributed by atoms with Gasteiger partial charge in [-0.15, -0.1) is 0 Å². The van der Waals surface area contributed by atoms with Gasteiger partial charge in [0.25, 0.3) is 0 Å². The van der Waals surface area contributed by atoms with Gasteiger partial charge >= 0.3 is 0 Å². The normalized spacial score (nSPS) is 12.5. The van der Waals surface area contributed by atoms with Gasteiger partial charge in [-0.05, 0) is 38.3 Å². The zero-order valence-corrected chi connectivity index (χ0v) is 12.9. The van der Waals surface area contributed by atoms with E-state index in [1.807, 2.05) is 6.07 Å². The van der Waals surface area contributed by atoms with Crippen molar-refractivity contribution in [2.75, 3.05) is 5.32 Å². The Morgan fingerprint density at radius 3 is 2.37 bits per heavy atom.